The van der Waals surface area contributed by atoms with Crippen LogP contribution in [0.2, 0.25) is 0 Å². The van der Waals surface area contributed by atoms with Crippen molar-refractivity contribution in [3.8, 4) is 0 Å². The van der Waals surface area contributed by atoms with E-state index in [0.717, 1.165) is 38.9 Å². The number of piperidine rings is 2. The van der Waals surface area contributed by atoms with Crippen molar-refractivity contribution in [1.82, 2.24) is 9.21 Å². The van der Waals surface area contributed by atoms with Crippen LogP contribution < -0.4 is 0 Å². The van der Waals surface area contributed by atoms with Gasteiger partial charge < -0.3 is 0 Å². The highest BCUT2D eigenvalue weighted by Gasteiger charge is 2.45. The number of sulfonamides is 1. The van der Waals surface area contributed by atoms with Gasteiger partial charge in [0.1, 0.15) is 0 Å². The molecule has 1 aromatic carbocycles. The zero-order valence-electron chi connectivity index (χ0n) is 14.5. The summed E-state index contributed by atoms with van der Waals surface area (Å²) < 4.78 is 27.4. The summed E-state index contributed by atoms with van der Waals surface area (Å²) >= 11 is 0. The first kappa shape index (κ1) is 16.6. The summed E-state index contributed by atoms with van der Waals surface area (Å²) in [5, 5.41) is 0. The van der Waals surface area contributed by atoms with Crippen LogP contribution in [0.25, 0.3) is 0 Å². The third kappa shape index (κ3) is 2.80. The van der Waals surface area contributed by atoms with Gasteiger partial charge in [0, 0.05) is 31.7 Å². The summed E-state index contributed by atoms with van der Waals surface area (Å²) in [7, 11) is -3.10. The molecular formula is C19H28N2O2S. The fraction of sp³-hybridized carbons (Fsp3) is 0.684. The summed E-state index contributed by atoms with van der Waals surface area (Å²) in [6, 6.07) is 9.33. The molecular weight excluding hydrogens is 320 g/mol. The molecule has 0 aromatic heterocycles. The Bertz CT molecular complexity index is 703. The normalized spacial score (nSPS) is 31.1. The van der Waals surface area contributed by atoms with E-state index in [1.807, 2.05) is 11.2 Å². The first-order chi connectivity index (χ1) is 11.6. The summed E-state index contributed by atoms with van der Waals surface area (Å²) in [6.07, 6.45) is 4.98. The monoisotopic (exact) mass is 348 g/mol. The van der Waals surface area contributed by atoms with Gasteiger partial charge in [0.15, 0.2) is 0 Å². The molecule has 1 aromatic rings. The van der Waals surface area contributed by atoms with Crippen molar-refractivity contribution in [3.05, 3.63) is 35.4 Å². The molecule has 2 fully saturated rings. The van der Waals surface area contributed by atoms with Crippen LogP contribution in [-0.4, -0.2) is 49.1 Å². The predicted octanol–water partition coefficient (Wildman–Crippen LogP) is 2.81. The second kappa shape index (κ2) is 6.43. The molecule has 4 nitrogen and oxygen atoms in total. The summed E-state index contributed by atoms with van der Waals surface area (Å²) in [5.74, 6) is 0.799. The number of benzene rings is 1. The van der Waals surface area contributed by atoms with Crippen molar-refractivity contribution in [3.63, 3.8) is 0 Å². The zero-order valence-corrected chi connectivity index (χ0v) is 15.3. The van der Waals surface area contributed by atoms with Crippen LogP contribution in [0.1, 0.15) is 49.8 Å². The number of nitrogens with zero attached hydrogens (tertiary/aromatic N) is 2. The lowest BCUT2D eigenvalue weighted by atomic mass is 9.77. The Morgan fingerprint density at radius 2 is 2.04 bits per heavy atom. The van der Waals surface area contributed by atoms with Crippen LogP contribution >= 0.6 is 0 Å². The zero-order chi connectivity index (χ0) is 16.7. The largest absolute Gasteiger partial charge is 0.296 e. The second-order valence-corrected chi connectivity index (χ2v) is 9.63. The Balaban J connectivity index is 1.64. The highest BCUT2D eigenvalue weighted by molar-refractivity contribution is 7.89. The summed E-state index contributed by atoms with van der Waals surface area (Å²) in [6.45, 7) is 4.85. The van der Waals surface area contributed by atoms with Crippen molar-refractivity contribution >= 4 is 10.0 Å². The molecule has 0 unspecified atom stereocenters. The Morgan fingerprint density at radius 3 is 2.88 bits per heavy atom. The first-order valence-electron chi connectivity index (χ1n) is 9.41. The molecule has 132 valence electrons. The van der Waals surface area contributed by atoms with E-state index < -0.39 is 10.0 Å². The van der Waals surface area contributed by atoms with Crippen molar-refractivity contribution in [1.29, 1.82) is 0 Å². The van der Waals surface area contributed by atoms with E-state index in [1.54, 1.807) is 0 Å². The Labute approximate surface area is 145 Å². The molecule has 0 amide bonds. The van der Waals surface area contributed by atoms with Crippen LogP contribution in [0.15, 0.2) is 24.3 Å². The van der Waals surface area contributed by atoms with Crippen molar-refractivity contribution < 1.29 is 8.42 Å². The molecule has 24 heavy (non-hydrogen) atoms. The lowest BCUT2D eigenvalue weighted by Gasteiger charge is -2.51. The maximum atomic E-state index is 12.8. The minimum atomic E-state index is -3.10. The minimum Gasteiger partial charge on any atom is -0.296 e. The lowest BCUT2D eigenvalue weighted by molar-refractivity contribution is 0.0220. The maximum Gasteiger partial charge on any atom is 0.214 e. The van der Waals surface area contributed by atoms with Gasteiger partial charge in [0.05, 0.1) is 5.75 Å². The van der Waals surface area contributed by atoms with Crippen LogP contribution in [0.3, 0.4) is 0 Å². The maximum absolute atomic E-state index is 12.8. The molecule has 0 N–H and O–H groups in total. The molecule has 0 bridgehead atoms. The minimum absolute atomic E-state index is 0.197. The lowest BCUT2D eigenvalue weighted by Crippen LogP contribution is -2.57. The number of rotatable bonds is 3. The van der Waals surface area contributed by atoms with Gasteiger partial charge in [-0.3, -0.25) is 4.90 Å². The predicted molar refractivity (Wildman–Crippen MR) is 96.4 cm³/mol. The highest BCUT2D eigenvalue weighted by Crippen LogP contribution is 2.43. The van der Waals surface area contributed by atoms with E-state index >= 15 is 0 Å². The standard InChI is InChI=1S/C19H28N2O2S/c1-2-12-24(22,23)21-10-5-7-16-14-20-11-9-15-6-3-4-8-17(15)19(20)13-18(16)21/h3-4,6,8,16,18-19H,2,5,7,9-14H2,1H3/t16-,18+,19-/m1/s1. The van der Waals surface area contributed by atoms with Gasteiger partial charge in [-0.05, 0) is 49.1 Å². The smallest absolute Gasteiger partial charge is 0.214 e. The van der Waals surface area contributed by atoms with Crippen molar-refractivity contribution in [2.75, 3.05) is 25.4 Å². The topological polar surface area (TPSA) is 40.6 Å². The third-order valence-electron chi connectivity index (χ3n) is 6.14. The van der Waals surface area contributed by atoms with Gasteiger partial charge in [-0.1, -0.05) is 31.2 Å². The van der Waals surface area contributed by atoms with Gasteiger partial charge in [0.2, 0.25) is 10.0 Å². The molecule has 3 heterocycles. The number of hydrogen-bond acceptors (Lipinski definition) is 3. The third-order valence-corrected chi connectivity index (χ3v) is 8.24. The van der Waals surface area contributed by atoms with E-state index in [2.05, 4.69) is 29.2 Å². The second-order valence-electron chi connectivity index (χ2n) is 7.59. The molecule has 0 aliphatic carbocycles. The molecule has 4 rings (SSSR count). The van der Waals surface area contributed by atoms with E-state index in [-0.39, 0.29) is 6.04 Å². The van der Waals surface area contributed by atoms with Crippen LogP contribution in [0, 0.1) is 5.92 Å². The first-order valence-corrected chi connectivity index (χ1v) is 11.0. The van der Waals surface area contributed by atoms with E-state index in [1.165, 1.54) is 17.5 Å². The van der Waals surface area contributed by atoms with E-state index in [4.69, 9.17) is 0 Å². The van der Waals surface area contributed by atoms with Gasteiger partial charge in [-0.15, -0.1) is 0 Å². The molecule has 0 saturated carbocycles. The molecule has 3 aliphatic heterocycles. The number of hydrogen-bond donors (Lipinski definition) is 0. The molecule has 3 atom stereocenters. The Morgan fingerprint density at radius 1 is 1.21 bits per heavy atom. The highest BCUT2D eigenvalue weighted by atomic mass is 32.2. The average Bonchev–Trinajstić information content (AvgIpc) is 2.59. The van der Waals surface area contributed by atoms with Gasteiger partial charge in [-0.25, -0.2) is 8.42 Å². The van der Waals surface area contributed by atoms with Crippen LogP contribution in [0.4, 0.5) is 0 Å². The van der Waals surface area contributed by atoms with E-state index in [9.17, 15) is 8.42 Å². The summed E-state index contributed by atoms with van der Waals surface area (Å²) in [5.41, 5.74) is 2.89. The van der Waals surface area contributed by atoms with Crippen molar-refractivity contribution in [2.24, 2.45) is 5.92 Å². The van der Waals surface area contributed by atoms with Gasteiger partial charge in [-0.2, -0.15) is 4.31 Å². The van der Waals surface area contributed by atoms with Crippen LogP contribution in [-0.2, 0) is 16.4 Å². The molecule has 3 aliphatic rings. The SMILES string of the molecule is CCCS(=O)(=O)N1CCC[C@@H]2CN3CCc4ccccc4[C@H]3C[C@@H]21. The summed E-state index contributed by atoms with van der Waals surface area (Å²) in [4.78, 5) is 2.61. The fourth-order valence-corrected chi connectivity index (χ4v) is 6.90. The van der Waals surface area contributed by atoms with Crippen LogP contribution in [0.5, 0.6) is 0 Å². The quantitative estimate of drug-likeness (QED) is 0.843. The fourth-order valence-electron chi connectivity index (χ4n) is 5.07. The van der Waals surface area contributed by atoms with Gasteiger partial charge >= 0.3 is 0 Å². The van der Waals surface area contributed by atoms with Gasteiger partial charge in [0.25, 0.3) is 0 Å². The molecule has 0 radical (unpaired) electrons. The average molecular weight is 349 g/mol. The van der Waals surface area contributed by atoms with Crippen molar-refractivity contribution in [2.45, 2.75) is 51.1 Å². The Hall–Kier alpha value is -0.910. The number of fused-ring (bicyclic) bond motifs is 4. The van der Waals surface area contributed by atoms with E-state index in [0.29, 0.717) is 24.1 Å². The molecule has 2 saturated heterocycles. The Kier molecular flexibility index (Phi) is 4.43. The molecule has 0 spiro atoms. The molecule has 5 heteroatoms.